The van der Waals surface area contributed by atoms with Gasteiger partial charge in [-0.05, 0) is 26.0 Å². The van der Waals surface area contributed by atoms with E-state index in [0.29, 0.717) is 6.04 Å². The van der Waals surface area contributed by atoms with E-state index >= 15 is 0 Å². The summed E-state index contributed by atoms with van der Waals surface area (Å²) < 4.78 is 0. The Morgan fingerprint density at radius 2 is 1.81 bits per heavy atom. The van der Waals surface area contributed by atoms with Gasteiger partial charge in [-0.25, -0.2) is 0 Å². The van der Waals surface area contributed by atoms with Crippen LogP contribution >= 0.6 is 24.0 Å². The highest BCUT2D eigenvalue weighted by molar-refractivity contribution is 14.0. The number of rotatable bonds is 6. The number of piperazine rings is 1. The Balaban J connectivity index is 0.00000338. The van der Waals surface area contributed by atoms with Gasteiger partial charge in [0.25, 0.3) is 0 Å². The van der Waals surface area contributed by atoms with Crippen molar-refractivity contribution in [1.29, 1.82) is 0 Å². The highest BCUT2D eigenvalue weighted by Crippen LogP contribution is 2.07. The maximum Gasteiger partial charge on any atom is 0.193 e. The van der Waals surface area contributed by atoms with Crippen molar-refractivity contribution in [3.05, 3.63) is 35.4 Å². The molecule has 1 N–H and O–H groups in total. The van der Waals surface area contributed by atoms with Gasteiger partial charge >= 0.3 is 0 Å². The number of benzene rings is 1. The van der Waals surface area contributed by atoms with Crippen LogP contribution in [0.25, 0.3) is 0 Å². The summed E-state index contributed by atoms with van der Waals surface area (Å²) in [6.07, 6.45) is 0. The second-order valence-corrected chi connectivity index (χ2v) is 7.09. The molecular weight excluding hydrogens is 437 g/mol. The Bertz CT molecular complexity index is 538. The summed E-state index contributed by atoms with van der Waals surface area (Å²) in [4.78, 5) is 11.7. The molecule has 6 heteroatoms. The highest BCUT2D eigenvalue weighted by atomic mass is 127. The topological polar surface area (TPSA) is 34.1 Å². The number of nitrogens with one attached hydrogen (secondary N) is 1. The highest BCUT2D eigenvalue weighted by Gasteiger charge is 2.20. The van der Waals surface area contributed by atoms with Crippen LogP contribution < -0.4 is 5.32 Å². The number of guanidine groups is 1. The van der Waals surface area contributed by atoms with Crippen molar-refractivity contribution in [2.45, 2.75) is 33.4 Å². The van der Waals surface area contributed by atoms with E-state index in [4.69, 9.17) is 0 Å². The van der Waals surface area contributed by atoms with Crippen LogP contribution in [0.4, 0.5) is 0 Å². The predicted molar refractivity (Wildman–Crippen MR) is 123 cm³/mol. The molecule has 1 fully saturated rings. The fourth-order valence-corrected chi connectivity index (χ4v) is 3.32. The van der Waals surface area contributed by atoms with Crippen molar-refractivity contribution in [3.8, 4) is 0 Å². The molecule has 2 rings (SSSR count). The van der Waals surface area contributed by atoms with Crippen molar-refractivity contribution in [3.63, 3.8) is 0 Å². The van der Waals surface area contributed by atoms with Crippen LogP contribution in [0.2, 0.25) is 0 Å². The lowest BCUT2D eigenvalue weighted by Crippen LogP contribution is -2.53. The molecule has 0 aliphatic carbocycles. The number of nitrogens with zero attached hydrogens (tertiary/aromatic N) is 4. The van der Waals surface area contributed by atoms with Gasteiger partial charge in [0.2, 0.25) is 0 Å². The minimum atomic E-state index is 0. The Morgan fingerprint density at radius 1 is 1.19 bits per heavy atom. The molecule has 1 aliphatic heterocycles. The molecule has 0 spiro atoms. The van der Waals surface area contributed by atoms with Crippen LogP contribution in [0, 0.1) is 6.92 Å². The summed E-state index contributed by atoms with van der Waals surface area (Å²) in [5, 5.41) is 3.54. The third-order valence-corrected chi connectivity index (χ3v) is 5.15. The summed E-state index contributed by atoms with van der Waals surface area (Å²) in [7, 11) is 3.96. The molecule has 1 unspecified atom stereocenters. The molecule has 1 aromatic rings. The predicted octanol–water partition coefficient (Wildman–Crippen LogP) is 2.65. The van der Waals surface area contributed by atoms with Gasteiger partial charge in [-0.1, -0.05) is 36.8 Å². The molecule has 0 radical (unpaired) electrons. The monoisotopic (exact) mass is 473 g/mol. The Kier molecular flexibility index (Phi) is 10.5. The van der Waals surface area contributed by atoms with E-state index in [1.807, 2.05) is 7.05 Å². The Morgan fingerprint density at radius 3 is 2.35 bits per heavy atom. The molecule has 1 aromatic carbocycles. The van der Waals surface area contributed by atoms with Crippen LogP contribution in [0.5, 0.6) is 0 Å². The first-order valence-electron chi connectivity index (χ1n) is 9.47. The average Bonchev–Trinajstić information content (AvgIpc) is 2.64. The molecule has 0 bridgehead atoms. The number of likely N-dealkylation sites (N-methyl/N-ethyl adjacent to an activating group) is 1. The molecule has 1 aliphatic rings. The molecule has 26 heavy (non-hydrogen) atoms. The first kappa shape index (κ1) is 23.2. The number of aliphatic imine (C=N–C) groups is 1. The first-order chi connectivity index (χ1) is 12.0. The standard InChI is InChI=1S/C20H35N5.HI/c1-6-24-11-13-25(14-12-24)18(3)15-22-20(21-4)23(5)16-19-9-7-17(2)8-10-19;/h7-10,18H,6,11-16H2,1-5H3,(H,21,22);1H. The smallest absolute Gasteiger partial charge is 0.193 e. The van der Waals surface area contributed by atoms with Gasteiger partial charge in [0, 0.05) is 59.4 Å². The zero-order valence-corrected chi connectivity index (χ0v) is 19.4. The van der Waals surface area contributed by atoms with Crippen LogP contribution in [0.3, 0.4) is 0 Å². The molecule has 1 atom stereocenters. The quantitative estimate of drug-likeness (QED) is 0.392. The number of hydrogen-bond donors (Lipinski definition) is 1. The van der Waals surface area contributed by atoms with Crippen molar-refractivity contribution in [2.75, 3.05) is 53.4 Å². The average molecular weight is 473 g/mol. The summed E-state index contributed by atoms with van der Waals surface area (Å²) in [6, 6.07) is 9.22. The summed E-state index contributed by atoms with van der Waals surface area (Å²) >= 11 is 0. The first-order valence-corrected chi connectivity index (χ1v) is 9.47. The van der Waals surface area contributed by atoms with E-state index in [1.165, 1.54) is 24.2 Å². The Hall–Kier alpha value is -0.860. The van der Waals surface area contributed by atoms with Crippen LogP contribution in [-0.4, -0.2) is 80.1 Å². The molecule has 1 heterocycles. The van der Waals surface area contributed by atoms with Gasteiger partial charge in [-0.3, -0.25) is 9.89 Å². The van der Waals surface area contributed by atoms with Gasteiger partial charge in [-0.2, -0.15) is 0 Å². The van der Waals surface area contributed by atoms with Crippen LogP contribution in [0.15, 0.2) is 29.3 Å². The van der Waals surface area contributed by atoms with Crippen LogP contribution in [-0.2, 0) is 6.54 Å². The fraction of sp³-hybridized carbons (Fsp3) is 0.650. The zero-order valence-electron chi connectivity index (χ0n) is 17.0. The van der Waals surface area contributed by atoms with Gasteiger partial charge in [0.05, 0.1) is 0 Å². The third-order valence-electron chi connectivity index (χ3n) is 5.15. The molecule has 1 saturated heterocycles. The van der Waals surface area contributed by atoms with E-state index in [0.717, 1.165) is 38.7 Å². The number of halogens is 1. The second-order valence-electron chi connectivity index (χ2n) is 7.09. The summed E-state index contributed by atoms with van der Waals surface area (Å²) in [5.41, 5.74) is 2.60. The number of hydrogen-bond acceptors (Lipinski definition) is 3. The molecular formula is C20H36IN5. The van der Waals surface area contributed by atoms with Gasteiger partial charge in [-0.15, -0.1) is 24.0 Å². The molecule has 0 saturated carbocycles. The zero-order chi connectivity index (χ0) is 18.2. The largest absolute Gasteiger partial charge is 0.355 e. The SMILES string of the molecule is CCN1CCN(C(C)CNC(=NC)N(C)Cc2ccc(C)cc2)CC1.I. The minimum absolute atomic E-state index is 0. The van der Waals surface area contributed by atoms with Crippen LogP contribution in [0.1, 0.15) is 25.0 Å². The number of aryl methyl sites for hydroxylation is 1. The van der Waals surface area contributed by atoms with Gasteiger partial charge in [0.1, 0.15) is 0 Å². The Labute approximate surface area is 176 Å². The van der Waals surface area contributed by atoms with Gasteiger partial charge in [0.15, 0.2) is 5.96 Å². The van der Waals surface area contributed by atoms with Gasteiger partial charge < -0.3 is 15.1 Å². The second kappa shape index (κ2) is 11.8. The lowest BCUT2D eigenvalue weighted by atomic mass is 10.1. The van der Waals surface area contributed by atoms with Crippen molar-refractivity contribution >= 4 is 29.9 Å². The molecule has 148 valence electrons. The van der Waals surface area contributed by atoms with Crippen molar-refractivity contribution in [1.82, 2.24) is 20.0 Å². The molecule has 0 aromatic heterocycles. The maximum atomic E-state index is 4.45. The van der Waals surface area contributed by atoms with E-state index in [-0.39, 0.29) is 24.0 Å². The van der Waals surface area contributed by atoms with Crippen molar-refractivity contribution in [2.24, 2.45) is 4.99 Å². The third kappa shape index (κ3) is 7.04. The maximum absolute atomic E-state index is 4.45. The normalized spacial score (nSPS) is 17.5. The van der Waals surface area contributed by atoms with E-state index in [9.17, 15) is 0 Å². The summed E-state index contributed by atoms with van der Waals surface area (Å²) in [5.74, 6) is 0.958. The van der Waals surface area contributed by atoms with E-state index in [1.54, 1.807) is 0 Å². The van der Waals surface area contributed by atoms with E-state index < -0.39 is 0 Å². The molecule has 5 nitrogen and oxygen atoms in total. The minimum Gasteiger partial charge on any atom is -0.355 e. The van der Waals surface area contributed by atoms with Crippen molar-refractivity contribution < 1.29 is 0 Å². The lowest BCUT2D eigenvalue weighted by molar-refractivity contribution is 0.107. The summed E-state index contributed by atoms with van der Waals surface area (Å²) in [6.45, 7) is 14.3. The fourth-order valence-electron chi connectivity index (χ4n) is 3.32. The molecule has 0 amide bonds. The van der Waals surface area contributed by atoms with E-state index in [2.05, 4.69) is 77.1 Å². The lowest BCUT2D eigenvalue weighted by Gasteiger charge is -2.38.